The van der Waals surface area contributed by atoms with Gasteiger partial charge >= 0.3 is 0 Å². The molecule has 34 heavy (non-hydrogen) atoms. The second-order valence-corrected chi connectivity index (χ2v) is 10.2. The van der Waals surface area contributed by atoms with Gasteiger partial charge in [0.25, 0.3) is 11.8 Å². The summed E-state index contributed by atoms with van der Waals surface area (Å²) in [6, 6.07) is 20.5. The Morgan fingerprint density at radius 2 is 1.88 bits per heavy atom. The molecule has 0 unspecified atom stereocenters. The Kier molecular flexibility index (Phi) is 7.50. The minimum Gasteiger partial charge on any atom is -0.484 e. The van der Waals surface area contributed by atoms with E-state index in [4.69, 9.17) is 17.0 Å². The molecule has 1 aliphatic rings. The van der Waals surface area contributed by atoms with Crippen molar-refractivity contribution >= 4 is 73.5 Å². The average Bonchev–Trinajstić information content (AvgIpc) is 3.08. The van der Waals surface area contributed by atoms with Gasteiger partial charge in [-0.2, -0.15) is 0 Å². The summed E-state index contributed by atoms with van der Waals surface area (Å²) in [5, 5.41) is 2.82. The number of halogens is 1. The number of nitrogens with one attached hydrogen (secondary N) is 1. The van der Waals surface area contributed by atoms with Crippen molar-refractivity contribution in [1.29, 1.82) is 0 Å². The molecule has 3 aromatic rings. The molecule has 1 N–H and O–H groups in total. The average molecular weight is 554 g/mol. The van der Waals surface area contributed by atoms with Crippen LogP contribution >= 0.6 is 39.9 Å². The molecule has 172 valence electrons. The fourth-order valence-electron chi connectivity index (χ4n) is 3.40. The largest absolute Gasteiger partial charge is 0.484 e. The summed E-state index contributed by atoms with van der Waals surface area (Å²) in [7, 11) is 0. The molecule has 2 amide bonds. The summed E-state index contributed by atoms with van der Waals surface area (Å²) in [6.45, 7) is 3.77. The van der Waals surface area contributed by atoms with Gasteiger partial charge in [-0.1, -0.05) is 70.2 Å². The van der Waals surface area contributed by atoms with E-state index in [1.165, 1.54) is 11.8 Å². The van der Waals surface area contributed by atoms with Crippen molar-refractivity contribution in [3.8, 4) is 5.75 Å². The predicted octanol–water partition coefficient (Wildman–Crippen LogP) is 6.49. The summed E-state index contributed by atoms with van der Waals surface area (Å²) >= 11 is 10.2. The Hall–Kier alpha value is -2.94. The van der Waals surface area contributed by atoms with Crippen LogP contribution in [0.3, 0.4) is 0 Å². The second-order valence-electron chi connectivity index (χ2n) is 7.68. The first kappa shape index (κ1) is 24.2. The van der Waals surface area contributed by atoms with Gasteiger partial charge < -0.3 is 10.1 Å². The number of amides is 2. The zero-order chi connectivity index (χ0) is 24.2. The molecule has 0 radical (unpaired) electrons. The lowest BCUT2D eigenvalue weighted by Crippen LogP contribution is -2.28. The number of thiocarbonyl (C=S) groups is 1. The lowest BCUT2D eigenvalue weighted by molar-refractivity contribution is -0.118. The van der Waals surface area contributed by atoms with Crippen LogP contribution in [0.2, 0.25) is 0 Å². The molecule has 0 atom stereocenters. The number of thioether (sulfide) groups is 1. The highest BCUT2D eigenvalue weighted by molar-refractivity contribution is 9.10. The Labute approximate surface area is 216 Å². The quantitative estimate of drug-likeness (QED) is 0.280. The second kappa shape index (κ2) is 10.5. The number of benzene rings is 3. The molecule has 1 fully saturated rings. The van der Waals surface area contributed by atoms with Crippen LogP contribution in [0.25, 0.3) is 6.08 Å². The molecule has 4 rings (SSSR count). The fourth-order valence-corrected chi connectivity index (χ4v) is 4.94. The van der Waals surface area contributed by atoms with Gasteiger partial charge in [-0.25, -0.2) is 0 Å². The number of carbonyl (C=O) groups is 2. The molecule has 0 saturated carbocycles. The van der Waals surface area contributed by atoms with Gasteiger partial charge in [0.05, 0.1) is 10.6 Å². The lowest BCUT2D eigenvalue weighted by Gasteiger charge is -2.16. The number of hydrogen-bond acceptors (Lipinski definition) is 5. The van der Waals surface area contributed by atoms with E-state index in [1.807, 2.05) is 68.4 Å². The highest BCUT2D eigenvalue weighted by atomic mass is 79.9. The van der Waals surface area contributed by atoms with Gasteiger partial charge in [-0.3, -0.25) is 14.5 Å². The highest BCUT2D eigenvalue weighted by Crippen LogP contribution is 2.37. The highest BCUT2D eigenvalue weighted by Gasteiger charge is 2.33. The molecule has 5 nitrogen and oxygen atoms in total. The molecule has 1 saturated heterocycles. The standard InChI is InChI=1S/C26H21BrN2O3S2/c1-16-6-3-4-9-22(16)29-25(31)23(34-26(29)33)14-18-7-5-8-20(13-18)32-15-24(30)28-19-10-11-21(27)17(2)12-19/h3-14H,15H2,1-2H3,(H,28,30)/b23-14-. The fraction of sp³-hybridized carbons (Fsp3) is 0.115. The zero-order valence-corrected chi connectivity index (χ0v) is 21.7. The first-order valence-electron chi connectivity index (χ1n) is 10.4. The van der Waals surface area contributed by atoms with Crippen molar-refractivity contribution in [3.05, 3.63) is 92.8 Å². The number of aryl methyl sites for hydroxylation is 2. The van der Waals surface area contributed by atoms with Crippen molar-refractivity contribution in [2.24, 2.45) is 0 Å². The van der Waals surface area contributed by atoms with Crippen molar-refractivity contribution in [2.75, 3.05) is 16.8 Å². The van der Waals surface area contributed by atoms with Crippen LogP contribution in [0.5, 0.6) is 5.75 Å². The minimum atomic E-state index is -0.258. The van der Waals surface area contributed by atoms with Gasteiger partial charge in [0.1, 0.15) is 5.75 Å². The topological polar surface area (TPSA) is 58.6 Å². The maximum Gasteiger partial charge on any atom is 0.270 e. The van der Waals surface area contributed by atoms with Gasteiger partial charge in [0.2, 0.25) is 0 Å². The maximum atomic E-state index is 13.1. The SMILES string of the molecule is Cc1cc(NC(=O)COc2cccc(/C=C3\SC(=S)N(c4ccccc4C)C3=O)c2)ccc1Br. The van der Waals surface area contributed by atoms with E-state index in [-0.39, 0.29) is 18.4 Å². The van der Waals surface area contributed by atoms with Crippen LogP contribution in [0.15, 0.2) is 76.1 Å². The summed E-state index contributed by atoms with van der Waals surface area (Å²) in [6.07, 6.45) is 1.79. The van der Waals surface area contributed by atoms with Crippen molar-refractivity contribution in [2.45, 2.75) is 13.8 Å². The summed E-state index contributed by atoms with van der Waals surface area (Å²) in [4.78, 5) is 27.5. The molecular formula is C26H21BrN2O3S2. The van der Waals surface area contributed by atoms with Crippen molar-refractivity contribution in [1.82, 2.24) is 0 Å². The number of anilines is 2. The zero-order valence-electron chi connectivity index (χ0n) is 18.5. The third-order valence-electron chi connectivity index (χ3n) is 5.12. The van der Waals surface area contributed by atoms with Crippen LogP contribution in [0, 0.1) is 13.8 Å². The normalized spacial score (nSPS) is 14.6. The van der Waals surface area contributed by atoms with Crippen LogP contribution in [-0.4, -0.2) is 22.7 Å². The van der Waals surface area contributed by atoms with E-state index in [1.54, 1.807) is 23.1 Å². The molecule has 1 heterocycles. The van der Waals surface area contributed by atoms with E-state index in [9.17, 15) is 9.59 Å². The molecular weight excluding hydrogens is 532 g/mol. The Balaban J connectivity index is 1.42. The molecule has 0 spiro atoms. The molecule has 0 aromatic heterocycles. The summed E-state index contributed by atoms with van der Waals surface area (Å²) in [5.41, 5.74) is 4.29. The van der Waals surface area contributed by atoms with Gasteiger partial charge in [0.15, 0.2) is 10.9 Å². The van der Waals surface area contributed by atoms with E-state index < -0.39 is 0 Å². The number of ether oxygens (including phenoxy) is 1. The molecule has 8 heteroatoms. The lowest BCUT2D eigenvalue weighted by atomic mass is 10.1. The van der Waals surface area contributed by atoms with Crippen LogP contribution in [-0.2, 0) is 9.59 Å². The number of nitrogens with zero attached hydrogens (tertiary/aromatic N) is 1. The number of carbonyl (C=O) groups excluding carboxylic acids is 2. The van der Waals surface area contributed by atoms with Crippen LogP contribution in [0.1, 0.15) is 16.7 Å². The third kappa shape index (κ3) is 5.58. The molecule has 0 bridgehead atoms. The first-order chi connectivity index (χ1) is 16.3. The smallest absolute Gasteiger partial charge is 0.270 e. The summed E-state index contributed by atoms with van der Waals surface area (Å²) in [5.74, 6) is 0.122. The molecule has 1 aliphatic heterocycles. The van der Waals surface area contributed by atoms with E-state index in [2.05, 4.69) is 21.2 Å². The first-order valence-corrected chi connectivity index (χ1v) is 12.5. The van der Waals surface area contributed by atoms with Crippen molar-refractivity contribution in [3.63, 3.8) is 0 Å². The van der Waals surface area contributed by atoms with Crippen molar-refractivity contribution < 1.29 is 14.3 Å². The van der Waals surface area contributed by atoms with Gasteiger partial charge in [-0.15, -0.1) is 0 Å². The maximum absolute atomic E-state index is 13.1. The predicted molar refractivity (Wildman–Crippen MR) is 146 cm³/mol. The van der Waals surface area contributed by atoms with Crippen LogP contribution < -0.4 is 15.0 Å². The monoisotopic (exact) mass is 552 g/mol. The summed E-state index contributed by atoms with van der Waals surface area (Å²) < 4.78 is 7.15. The molecule has 3 aromatic carbocycles. The Morgan fingerprint density at radius 3 is 2.65 bits per heavy atom. The Bertz CT molecular complexity index is 1320. The number of hydrogen-bond donors (Lipinski definition) is 1. The van der Waals surface area contributed by atoms with Gasteiger partial charge in [-0.05, 0) is 73.0 Å². The van der Waals surface area contributed by atoms with E-state index >= 15 is 0 Å². The third-order valence-corrected chi connectivity index (χ3v) is 7.31. The van der Waals surface area contributed by atoms with Gasteiger partial charge in [0, 0.05) is 10.2 Å². The number of para-hydroxylation sites is 1. The van der Waals surface area contributed by atoms with Crippen LogP contribution in [0.4, 0.5) is 11.4 Å². The molecule has 0 aliphatic carbocycles. The number of rotatable bonds is 6. The van der Waals surface area contributed by atoms with E-state index in [0.29, 0.717) is 20.7 Å². The minimum absolute atomic E-state index is 0.131. The Morgan fingerprint density at radius 1 is 1.09 bits per heavy atom. The van der Waals surface area contributed by atoms with E-state index in [0.717, 1.165) is 26.9 Å².